The Balaban J connectivity index is 0.000000357. The van der Waals surface area contributed by atoms with Crippen molar-refractivity contribution in [1.82, 2.24) is 18.2 Å². The number of nitrogens with zero attached hydrogens (tertiary/aromatic N) is 4. The van der Waals surface area contributed by atoms with Gasteiger partial charge < -0.3 is 4.90 Å². The zero-order valence-corrected chi connectivity index (χ0v) is 10.1. The van der Waals surface area contributed by atoms with Crippen LogP contribution in [0, 0.1) is 0 Å². The largest absolute Gasteiger partial charge is 0.379 e. The first-order valence-electron chi connectivity index (χ1n) is 4.65. The molecule has 1 aromatic rings. The summed E-state index contributed by atoms with van der Waals surface area (Å²) >= 11 is 0. The van der Waals surface area contributed by atoms with Gasteiger partial charge in [0.15, 0.2) is 0 Å². The van der Waals surface area contributed by atoms with Crippen molar-refractivity contribution in [3.8, 4) is 0 Å². The normalized spacial score (nSPS) is 14.9. The number of halogens is 3. The molecular formula is C8H11F3N4O2S. The van der Waals surface area contributed by atoms with Crippen molar-refractivity contribution in [2.24, 2.45) is 0 Å². The Labute approximate surface area is 102 Å². The molecule has 0 unspecified atom stereocenters. The Morgan fingerprint density at radius 2 is 1.89 bits per heavy atom. The molecule has 0 fully saturated rings. The Morgan fingerprint density at radius 3 is 2.28 bits per heavy atom. The van der Waals surface area contributed by atoms with E-state index in [1.165, 1.54) is 29.2 Å². The number of hydrogen-bond acceptors (Lipinski definition) is 4. The quantitative estimate of drug-likeness (QED) is 0.807. The summed E-state index contributed by atoms with van der Waals surface area (Å²) in [6, 6.07) is 0. The van der Waals surface area contributed by atoms with Gasteiger partial charge in [0, 0.05) is 31.8 Å². The number of hydrogen-bond donors (Lipinski definition) is 0. The van der Waals surface area contributed by atoms with Crippen molar-refractivity contribution in [1.29, 1.82) is 0 Å². The third kappa shape index (κ3) is 3.65. The Morgan fingerprint density at radius 1 is 1.28 bits per heavy atom. The molecule has 0 aromatic carbocycles. The van der Waals surface area contributed by atoms with Crippen LogP contribution >= 0.6 is 0 Å². The summed E-state index contributed by atoms with van der Waals surface area (Å²) in [6.45, 7) is -3.33. The minimum absolute atomic E-state index is 0.334. The lowest BCUT2D eigenvalue weighted by molar-refractivity contribution is 0.00819. The molecule has 0 bridgehead atoms. The predicted molar refractivity (Wildman–Crippen MR) is 57.3 cm³/mol. The number of alkyl halides is 3. The first kappa shape index (κ1) is 14.4. The Hall–Kier alpha value is -1.71. The second kappa shape index (κ2) is 5.76. The van der Waals surface area contributed by atoms with E-state index in [1.54, 1.807) is 18.1 Å². The van der Waals surface area contributed by atoms with Crippen molar-refractivity contribution >= 4 is 10.2 Å². The average Bonchev–Trinajstić information content (AvgIpc) is 2.85. The van der Waals surface area contributed by atoms with Crippen LogP contribution in [0.25, 0.3) is 0 Å². The molecule has 0 radical (unpaired) electrons. The van der Waals surface area contributed by atoms with Gasteiger partial charge in [0.05, 0.1) is 0 Å². The summed E-state index contributed by atoms with van der Waals surface area (Å²) in [6.07, 6.45) is 7.33. The summed E-state index contributed by atoms with van der Waals surface area (Å²) in [7, 11) is -1.66. The van der Waals surface area contributed by atoms with E-state index in [1.807, 2.05) is 0 Å². The van der Waals surface area contributed by atoms with Crippen LogP contribution in [0.5, 0.6) is 0 Å². The molecule has 1 aromatic heterocycles. The van der Waals surface area contributed by atoms with E-state index in [9.17, 15) is 21.6 Å². The first-order chi connectivity index (χ1) is 8.34. The molecule has 1 aliphatic heterocycles. The van der Waals surface area contributed by atoms with Gasteiger partial charge in [-0.2, -0.15) is 21.6 Å². The van der Waals surface area contributed by atoms with E-state index in [-0.39, 0.29) is 0 Å². The van der Waals surface area contributed by atoms with Crippen LogP contribution in [0.15, 0.2) is 31.1 Å². The molecule has 0 atom stereocenters. The standard InChI is InChI=1S/C7H10N4O2S.CHF3/c1-9-4-5-11(7-9)14(12,13)10-3-2-8-6-10;2-1(3)4/h2-6H,7H2,1H3;1H. The molecule has 1 aliphatic rings. The highest BCUT2D eigenvalue weighted by atomic mass is 32.2. The van der Waals surface area contributed by atoms with Gasteiger partial charge in [-0.1, -0.05) is 0 Å². The fourth-order valence-corrected chi connectivity index (χ4v) is 2.32. The number of imidazole rings is 1. The van der Waals surface area contributed by atoms with Gasteiger partial charge in [-0.3, -0.25) is 0 Å². The number of aromatic nitrogens is 2. The van der Waals surface area contributed by atoms with Crippen molar-refractivity contribution in [2.45, 2.75) is 6.68 Å². The molecule has 102 valence electrons. The van der Waals surface area contributed by atoms with Crippen LogP contribution in [0.1, 0.15) is 0 Å². The van der Waals surface area contributed by atoms with Gasteiger partial charge in [-0.25, -0.2) is 13.3 Å². The van der Waals surface area contributed by atoms with Crippen molar-refractivity contribution in [3.63, 3.8) is 0 Å². The molecule has 0 saturated carbocycles. The monoisotopic (exact) mass is 284 g/mol. The van der Waals surface area contributed by atoms with Crippen LogP contribution in [-0.4, -0.2) is 47.0 Å². The summed E-state index contributed by atoms with van der Waals surface area (Å²) in [5.74, 6) is 0. The van der Waals surface area contributed by atoms with E-state index < -0.39 is 16.9 Å². The number of rotatable bonds is 2. The van der Waals surface area contributed by atoms with E-state index >= 15 is 0 Å². The predicted octanol–water partition coefficient (Wildman–Crippen LogP) is 0.831. The van der Waals surface area contributed by atoms with Gasteiger partial charge >= 0.3 is 16.9 Å². The van der Waals surface area contributed by atoms with E-state index in [4.69, 9.17) is 0 Å². The fourth-order valence-electron chi connectivity index (χ4n) is 1.16. The zero-order valence-electron chi connectivity index (χ0n) is 9.32. The summed E-state index contributed by atoms with van der Waals surface area (Å²) < 4.78 is 54.9. The van der Waals surface area contributed by atoms with Crippen molar-refractivity contribution < 1.29 is 21.6 Å². The minimum atomic E-state index is -3.67. The maximum Gasteiger partial charge on any atom is 0.379 e. The lowest BCUT2D eigenvalue weighted by atomic mass is 10.9. The lowest BCUT2D eigenvalue weighted by Crippen LogP contribution is -2.32. The van der Waals surface area contributed by atoms with Crippen molar-refractivity contribution in [3.05, 3.63) is 31.1 Å². The molecule has 2 heterocycles. The van der Waals surface area contributed by atoms with E-state index in [0.717, 1.165) is 3.97 Å². The molecule has 0 saturated heterocycles. The molecule has 10 heteroatoms. The molecule has 6 nitrogen and oxygen atoms in total. The molecule has 18 heavy (non-hydrogen) atoms. The summed E-state index contributed by atoms with van der Waals surface area (Å²) in [5, 5.41) is 0. The topological polar surface area (TPSA) is 58.4 Å². The molecule has 0 aliphatic carbocycles. The van der Waals surface area contributed by atoms with Gasteiger partial charge in [0.2, 0.25) is 0 Å². The van der Waals surface area contributed by atoms with Crippen LogP contribution in [0.4, 0.5) is 13.2 Å². The zero-order chi connectivity index (χ0) is 13.8. The highest BCUT2D eigenvalue weighted by molar-refractivity contribution is 7.87. The highest BCUT2D eigenvalue weighted by Gasteiger charge is 2.23. The van der Waals surface area contributed by atoms with Gasteiger partial charge in [0.1, 0.15) is 13.0 Å². The summed E-state index contributed by atoms with van der Waals surface area (Å²) in [4.78, 5) is 5.47. The van der Waals surface area contributed by atoms with Crippen LogP contribution < -0.4 is 0 Å². The second-order valence-corrected chi connectivity index (χ2v) is 5.02. The van der Waals surface area contributed by atoms with Gasteiger partial charge in [0.25, 0.3) is 0 Å². The Kier molecular flexibility index (Phi) is 4.59. The molecule has 0 spiro atoms. The van der Waals surface area contributed by atoms with E-state index in [0.29, 0.717) is 6.67 Å². The maximum absolute atomic E-state index is 11.8. The van der Waals surface area contributed by atoms with E-state index in [2.05, 4.69) is 4.98 Å². The van der Waals surface area contributed by atoms with Gasteiger partial charge in [-0.05, 0) is 0 Å². The Bertz CT molecular complexity index is 486. The average molecular weight is 284 g/mol. The third-order valence-corrected chi connectivity index (χ3v) is 3.47. The second-order valence-electron chi connectivity index (χ2n) is 3.23. The van der Waals surface area contributed by atoms with Gasteiger partial charge in [-0.15, -0.1) is 0 Å². The fraction of sp³-hybridized carbons (Fsp3) is 0.375. The maximum atomic E-state index is 11.8. The highest BCUT2D eigenvalue weighted by Crippen LogP contribution is 2.11. The molecule has 0 amide bonds. The van der Waals surface area contributed by atoms with Crippen molar-refractivity contribution in [2.75, 3.05) is 13.7 Å². The smallest absolute Gasteiger partial charge is 0.361 e. The lowest BCUT2D eigenvalue weighted by Gasteiger charge is -2.17. The summed E-state index contributed by atoms with van der Waals surface area (Å²) in [5.41, 5.74) is 0. The van der Waals surface area contributed by atoms with Crippen LogP contribution in [-0.2, 0) is 10.2 Å². The minimum Gasteiger partial charge on any atom is -0.361 e. The molecule has 2 rings (SSSR count). The van der Waals surface area contributed by atoms with Crippen LogP contribution in [0.3, 0.4) is 0 Å². The molecule has 0 N–H and O–H groups in total. The SMILES string of the molecule is CN1C=CN(S(=O)(=O)n2ccnc2)C1.FC(F)F. The third-order valence-electron chi connectivity index (χ3n) is 1.89. The molecular weight excluding hydrogens is 273 g/mol. The van der Waals surface area contributed by atoms with Crippen LogP contribution in [0.2, 0.25) is 0 Å². The first-order valence-corrected chi connectivity index (χ1v) is 6.05.